The minimum absolute atomic E-state index is 0.0596. The summed E-state index contributed by atoms with van der Waals surface area (Å²) in [4.78, 5) is 27.8. The highest BCUT2D eigenvalue weighted by molar-refractivity contribution is 5.88. The van der Waals surface area contributed by atoms with Crippen molar-refractivity contribution < 1.29 is 14.3 Å². The number of carbonyl (C=O) groups excluding carboxylic acids is 2. The second-order valence-electron chi connectivity index (χ2n) is 8.31. The van der Waals surface area contributed by atoms with Crippen molar-refractivity contribution in [2.24, 2.45) is 0 Å². The molecule has 0 heterocycles. The highest BCUT2D eigenvalue weighted by Gasteiger charge is 2.29. The van der Waals surface area contributed by atoms with Gasteiger partial charge in [-0.25, -0.2) is 0 Å². The average Bonchev–Trinajstić information content (AvgIpc) is 2.74. The van der Waals surface area contributed by atoms with E-state index in [1.807, 2.05) is 84.0 Å². The van der Waals surface area contributed by atoms with Crippen molar-refractivity contribution in [3.63, 3.8) is 0 Å². The van der Waals surface area contributed by atoms with Crippen molar-refractivity contribution in [3.8, 4) is 5.75 Å². The van der Waals surface area contributed by atoms with Crippen molar-refractivity contribution in [1.29, 1.82) is 0 Å². The van der Waals surface area contributed by atoms with E-state index >= 15 is 0 Å². The molecule has 0 aliphatic heterocycles. The summed E-state index contributed by atoms with van der Waals surface area (Å²) >= 11 is 0. The van der Waals surface area contributed by atoms with Gasteiger partial charge in [0.25, 0.3) is 5.91 Å². The third kappa shape index (κ3) is 7.12. The maximum Gasteiger partial charge on any atom is 0.261 e. The molecule has 0 aromatic heterocycles. The Kier molecular flexibility index (Phi) is 9.10. The van der Waals surface area contributed by atoms with Gasteiger partial charge in [-0.05, 0) is 57.7 Å². The van der Waals surface area contributed by atoms with E-state index in [0.717, 1.165) is 28.7 Å². The Morgan fingerprint density at radius 1 is 0.968 bits per heavy atom. The minimum Gasteiger partial charge on any atom is -0.483 e. The van der Waals surface area contributed by atoms with Gasteiger partial charge in [0.15, 0.2) is 6.61 Å². The van der Waals surface area contributed by atoms with E-state index in [2.05, 4.69) is 5.32 Å². The average molecular weight is 425 g/mol. The first-order valence-electron chi connectivity index (χ1n) is 11.1. The lowest BCUT2D eigenvalue weighted by Gasteiger charge is -2.31. The Morgan fingerprint density at radius 2 is 1.61 bits per heavy atom. The predicted molar refractivity (Wildman–Crippen MR) is 125 cm³/mol. The number of carbonyl (C=O) groups is 2. The smallest absolute Gasteiger partial charge is 0.261 e. The van der Waals surface area contributed by atoms with Gasteiger partial charge in [0, 0.05) is 12.6 Å². The molecule has 0 unspecified atom stereocenters. The molecule has 0 spiro atoms. The van der Waals surface area contributed by atoms with Crippen molar-refractivity contribution >= 4 is 11.8 Å². The summed E-state index contributed by atoms with van der Waals surface area (Å²) in [7, 11) is 0. The molecular weight excluding hydrogens is 388 g/mol. The normalized spacial score (nSPS) is 12.7. The summed E-state index contributed by atoms with van der Waals surface area (Å²) in [5.41, 5.74) is 4.27. The van der Waals surface area contributed by atoms with E-state index in [1.165, 1.54) is 0 Å². The third-order valence-corrected chi connectivity index (χ3v) is 5.54. The van der Waals surface area contributed by atoms with Crippen molar-refractivity contribution in [2.75, 3.05) is 6.61 Å². The van der Waals surface area contributed by atoms with Gasteiger partial charge in [0.2, 0.25) is 5.91 Å². The van der Waals surface area contributed by atoms with Crippen LogP contribution in [0.15, 0.2) is 42.5 Å². The highest BCUT2D eigenvalue weighted by Crippen LogP contribution is 2.20. The summed E-state index contributed by atoms with van der Waals surface area (Å²) < 4.78 is 5.85. The Labute approximate surface area is 186 Å². The second kappa shape index (κ2) is 11.5. The summed E-state index contributed by atoms with van der Waals surface area (Å²) in [5, 5.41) is 3.03. The van der Waals surface area contributed by atoms with Crippen LogP contribution >= 0.6 is 0 Å². The lowest BCUT2D eigenvalue weighted by molar-refractivity contribution is -0.143. The molecule has 2 aromatic rings. The Hall–Kier alpha value is -2.82. The number of hydrogen-bond donors (Lipinski definition) is 1. The molecule has 168 valence electrons. The van der Waals surface area contributed by atoms with Gasteiger partial charge in [0.1, 0.15) is 11.8 Å². The molecule has 2 amide bonds. The molecule has 2 rings (SSSR count). The van der Waals surface area contributed by atoms with Gasteiger partial charge < -0.3 is 15.0 Å². The van der Waals surface area contributed by atoms with Crippen LogP contribution in [0.1, 0.15) is 55.9 Å². The van der Waals surface area contributed by atoms with E-state index < -0.39 is 6.04 Å². The number of rotatable bonds is 10. The third-order valence-electron chi connectivity index (χ3n) is 5.54. The van der Waals surface area contributed by atoms with Crippen LogP contribution in [0.25, 0.3) is 0 Å². The van der Waals surface area contributed by atoms with Crippen LogP contribution in [0, 0.1) is 20.8 Å². The summed E-state index contributed by atoms with van der Waals surface area (Å²) in [6.07, 6.45) is 1.37. The molecule has 0 radical (unpaired) electrons. The van der Waals surface area contributed by atoms with E-state index in [0.29, 0.717) is 18.7 Å². The zero-order valence-electron chi connectivity index (χ0n) is 19.7. The van der Waals surface area contributed by atoms with E-state index in [1.54, 1.807) is 4.90 Å². The molecule has 0 fully saturated rings. The highest BCUT2D eigenvalue weighted by atomic mass is 16.5. The molecular formula is C26H36N2O3. The first-order valence-corrected chi connectivity index (χ1v) is 11.1. The lowest BCUT2D eigenvalue weighted by Crippen LogP contribution is -2.51. The molecule has 0 aliphatic rings. The van der Waals surface area contributed by atoms with E-state index in [9.17, 15) is 9.59 Å². The zero-order chi connectivity index (χ0) is 23.0. The quantitative estimate of drug-likeness (QED) is 0.601. The fraction of sp³-hybridized carbons (Fsp3) is 0.462. The SMILES string of the molecule is CC[C@@H](C)NC(=O)[C@H](CC)N(Cc1ccc(C)cc1)C(=O)COc1ccc(C)cc1C. The van der Waals surface area contributed by atoms with E-state index in [4.69, 9.17) is 4.74 Å². The largest absolute Gasteiger partial charge is 0.483 e. The number of hydrogen-bond acceptors (Lipinski definition) is 3. The van der Waals surface area contributed by atoms with Crippen LogP contribution in [0.2, 0.25) is 0 Å². The van der Waals surface area contributed by atoms with Gasteiger partial charge in [-0.3, -0.25) is 9.59 Å². The molecule has 1 N–H and O–H groups in total. The Balaban J connectivity index is 2.22. The molecule has 0 saturated carbocycles. The number of benzene rings is 2. The van der Waals surface area contributed by atoms with Gasteiger partial charge in [0.05, 0.1) is 0 Å². The maximum absolute atomic E-state index is 13.2. The van der Waals surface area contributed by atoms with Crippen LogP contribution in [0.3, 0.4) is 0 Å². The molecule has 5 heteroatoms. The van der Waals surface area contributed by atoms with Crippen LogP contribution in [-0.2, 0) is 16.1 Å². The molecule has 31 heavy (non-hydrogen) atoms. The number of amides is 2. The van der Waals surface area contributed by atoms with Crippen LogP contribution in [0.5, 0.6) is 5.75 Å². The van der Waals surface area contributed by atoms with Crippen LogP contribution in [0.4, 0.5) is 0 Å². The van der Waals surface area contributed by atoms with Crippen molar-refractivity contribution in [1.82, 2.24) is 10.2 Å². The summed E-state index contributed by atoms with van der Waals surface area (Å²) in [6.45, 7) is 12.2. The molecule has 2 atom stereocenters. The molecule has 5 nitrogen and oxygen atoms in total. The molecule has 2 aromatic carbocycles. The van der Waals surface area contributed by atoms with Gasteiger partial charge >= 0.3 is 0 Å². The second-order valence-corrected chi connectivity index (χ2v) is 8.31. The fourth-order valence-corrected chi connectivity index (χ4v) is 3.43. The minimum atomic E-state index is -0.550. The summed E-state index contributed by atoms with van der Waals surface area (Å²) in [5.74, 6) is 0.363. The van der Waals surface area contributed by atoms with Gasteiger partial charge in [-0.1, -0.05) is 61.4 Å². The first-order chi connectivity index (χ1) is 14.7. The lowest BCUT2D eigenvalue weighted by atomic mass is 10.1. The monoisotopic (exact) mass is 424 g/mol. The van der Waals surface area contributed by atoms with Crippen molar-refractivity contribution in [3.05, 3.63) is 64.7 Å². The van der Waals surface area contributed by atoms with Gasteiger partial charge in [-0.2, -0.15) is 0 Å². The zero-order valence-corrected chi connectivity index (χ0v) is 19.7. The first kappa shape index (κ1) is 24.4. The molecule has 0 bridgehead atoms. The number of nitrogens with one attached hydrogen (secondary N) is 1. The Morgan fingerprint density at radius 3 is 2.19 bits per heavy atom. The van der Waals surface area contributed by atoms with Crippen LogP contribution < -0.4 is 10.1 Å². The van der Waals surface area contributed by atoms with Crippen LogP contribution in [-0.4, -0.2) is 35.4 Å². The summed E-state index contributed by atoms with van der Waals surface area (Å²) in [6, 6.07) is 13.4. The molecule has 0 aliphatic carbocycles. The predicted octanol–water partition coefficient (Wildman–Crippen LogP) is 4.71. The number of aryl methyl sites for hydroxylation is 3. The van der Waals surface area contributed by atoms with Crippen molar-refractivity contribution in [2.45, 2.75) is 73.0 Å². The van der Waals surface area contributed by atoms with Gasteiger partial charge in [-0.15, -0.1) is 0 Å². The maximum atomic E-state index is 13.2. The number of ether oxygens (including phenoxy) is 1. The molecule has 0 saturated heterocycles. The van der Waals surface area contributed by atoms with E-state index in [-0.39, 0.29) is 24.5 Å². The standard InChI is InChI=1S/C26H36N2O3/c1-7-21(6)27-26(30)23(8-2)28(16-22-12-9-18(3)10-13-22)25(29)17-31-24-14-11-19(4)15-20(24)5/h9-15,21,23H,7-8,16-17H2,1-6H3,(H,27,30)/t21-,23+/m1/s1. The topological polar surface area (TPSA) is 58.6 Å². The Bertz CT molecular complexity index is 877. The number of nitrogens with zero attached hydrogens (tertiary/aromatic N) is 1. The fourth-order valence-electron chi connectivity index (χ4n) is 3.43.